The van der Waals surface area contributed by atoms with E-state index in [1.807, 2.05) is 11.8 Å². The first-order valence-corrected chi connectivity index (χ1v) is 9.53. The number of nitrogens with one attached hydrogen (secondary N) is 1. The van der Waals surface area contributed by atoms with Crippen LogP contribution in [0.5, 0.6) is 0 Å². The molecule has 0 aromatic carbocycles. The molecular formula is C11H18N2O2S3. The van der Waals surface area contributed by atoms with Crippen molar-refractivity contribution in [1.29, 1.82) is 0 Å². The van der Waals surface area contributed by atoms with Crippen LogP contribution in [0.15, 0.2) is 16.3 Å². The van der Waals surface area contributed by atoms with Gasteiger partial charge in [-0.15, -0.1) is 11.3 Å². The van der Waals surface area contributed by atoms with E-state index in [2.05, 4.69) is 11.0 Å². The van der Waals surface area contributed by atoms with Gasteiger partial charge in [0.1, 0.15) is 0 Å². The van der Waals surface area contributed by atoms with E-state index in [-0.39, 0.29) is 6.04 Å². The van der Waals surface area contributed by atoms with Gasteiger partial charge in [-0.2, -0.15) is 11.8 Å². The number of nitrogens with two attached hydrogens (primary N) is 1. The zero-order valence-corrected chi connectivity index (χ0v) is 12.7. The van der Waals surface area contributed by atoms with Crippen molar-refractivity contribution in [2.24, 2.45) is 5.73 Å². The number of thiophene rings is 1. The molecule has 1 aliphatic rings. The molecule has 1 saturated carbocycles. The van der Waals surface area contributed by atoms with Gasteiger partial charge in [-0.1, -0.05) is 0 Å². The van der Waals surface area contributed by atoms with Crippen molar-refractivity contribution in [3.05, 3.63) is 16.3 Å². The second-order valence-corrected chi connectivity index (χ2v) is 8.29. The normalized spacial score (nSPS) is 24.6. The van der Waals surface area contributed by atoms with E-state index in [0.717, 1.165) is 24.1 Å². The Balaban J connectivity index is 2.03. The van der Waals surface area contributed by atoms with E-state index in [1.165, 1.54) is 11.3 Å². The Morgan fingerprint density at radius 1 is 1.56 bits per heavy atom. The fraction of sp³-hybridized carbons (Fsp3) is 0.636. The summed E-state index contributed by atoms with van der Waals surface area (Å²) < 4.78 is 27.1. The van der Waals surface area contributed by atoms with Gasteiger partial charge in [0, 0.05) is 28.1 Å². The van der Waals surface area contributed by atoms with Crippen LogP contribution in [-0.4, -0.2) is 26.0 Å². The van der Waals surface area contributed by atoms with Gasteiger partial charge in [-0.05, 0) is 31.6 Å². The van der Waals surface area contributed by atoms with Gasteiger partial charge in [0.05, 0.1) is 4.90 Å². The highest BCUT2D eigenvalue weighted by atomic mass is 32.2. The maximum absolute atomic E-state index is 12.2. The maximum atomic E-state index is 12.2. The number of hydrogen-bond acceptors (Lipinski definition) is 5. The third-order valence-electron chi connectivity index (χ3n) is 3.18. The van der Waals surface area contributed by atoms with Crippen LogP contribution in [0.4, 0.5) is 0 Å². The molecule has 1 heterocycles. The van der Waals surface area contributed by atoms with Crippen molar-refractivity contribution in [2.75, 3.05) is 6.26 Å². The van der Waals surface area contributed by atoms with E-state index in [0.29, 0.717) is 16.7 Å². The minimum atomic E-state index is -3.37. The van der Waals surface area contributed by atoms with E-state index < -0.39 is 10.0 Å². The third-order valence-corrected chi connectivity index (χ3v) is 6.88. The molecule has 0 spiro atoms. The van der Waals surface area contributed by atoms with Crippen molar-refractivity contribution in [3.8, 4) is 0 Å². The van der Waals surface area contributed by atoms with Gasteiger partial charge < -0.3 is 5.73 Å². The predicted molar refractivity (Wildman–Crippen MR) is 77.5 cm³/mol. The molecule has 0 amide bonds. The predicted octanol–water partition coefficient (Wildman–Crippen LogP) is 1.77. The first kappa shape index (κ1) is 14.3. The van der Waals surface area contributed by atoms with Crippen LogP contribution >= 0.6 is 23.1 Å². The summed E-state index contributed by atoms with van der Waals surface area (Å²) in [5.74, 6) is 0. The molecule has 0 aliphatic heterocycles. The topological polar surface area (TPSA) is 72.2 Å². The minimum Gasteiger partial charge on any atom is -0.326 e. The quantitative estimate of drug-likeness (QED) is 0.869. The lowest BCUT2D eigenvalue weighted by molar-refractivity contribution is 0.553. The fourth-order valence-corrected chi connectivity index (χ4v) is 5.39. The largest absolute Gasteiger partial charge is 0.326 e. The highest BCUT2D eigenvalue weighted by molar-refractivity contribution is 7.99. The van der Waals surface area contributed by atoms with Crippen LogP contribution in [0.1, 0.15) is 24.1 Å². The Labute approximate surface area is 116 Å². The van der Waals surface area contributed by atoms with E-state index >= 15 is 0 Å². The average molecular weight is 306 g/mol. The second-order valence-electron chi connectivity index (χ2n) is 4.44. The lowest BCUT2D eigenvalue weighted by Crippen LogP contribution is -2.32. The van der Waals surface area contributed by atoms with Crippen molar-refractivity contribution < 1.29 is 8.42 Å². The van der Waals surface area contributed by atoms with Crippen molar-refractivity contribution >= 4 is 33.1 Å². The molecule has 2 rings (SSSR count). The lowest BCUT2D eigenvalue weighted by atomic mass is 10.3. The summed E-state index contributed by atoms with van der Waals surface area (Å²) in [5, 5.41) is 2.24. The zero-order chi connectivity index (χ0) is 13.2. The molecular weight excluding hydrogens is 288 g/mol. The summed E-state index contributed by atoms with van der Waals surface area (Å²) >= 11 is 3.21. The molecule has 1 fully saturated rings. The second kappa shape index (κ2) is 5.92. The number of rotatable bonds is 5. The number of hydrogen-bond donors (Lipinski definition) is 2. The highest BCUT2D eigenvalue weighted by Gasteiger charge is 2.28. The first-order chi connectivity index (χ1) is 8.55. The Kier molecular flexibility index (Phi) is 4.71. The van der Waals surface area contributed by atoms with Crippen LogP contribution in [0.3, 0.4) is 0 Å². The molecule has 3 N–H and O–H groups in total. The lowest BCUT2D eigenvalue weighted by Gasteiger charge is -2.12. The molecule has 102 valence electrons. The van der Waals surface area contributed by atoms with Gasteiger partial charge in [0.2, 0.25) is 10.0 Å². The molecule has 2 atom stereocenters. The van der Waals surface area contributed by atoms with Crippen molar-refractivity contribution in [3.63, 3.8) is 0 Å². The van der Waals surface area contributed by atoms with Gasteiger partial charge in [0.15, 0.2) is 0 Å². The molecule has 1 aromatic rings. The van der Waals surface area contributed by atoms with Gasteiger partial charge >= 0.3 is 0 Å². The van der Waals surface area contributed by atoms with E-state index in [9.17, 15) is 8.42 Å². The molecule has 18 heavy (non-hydrogen) atoms. The Bertz CT molecular complexity index is 498. The summed E-state index contributed by atoms with van der Waals surface area (Å²) in [7, 11) is -3.37. The molecule has 1 aliphatic carbocycles. The molecule has 7 heteroatoms. The Morgan fingerprint density at radius 3 is 2.89 bits per heavy atom. The van der Waals surface area contributed by atoms with Crippen LogP contribution < -0.4 is 10.5 Å². The summed E-state index contributed by atoms with van der Waals surface area (Å²) in [5.41, 5.74) is 5.50. The molecule has 4 nitrogen and oxygen atoms in total. The van der Waals surface area contributed by atoms with Crippen LogP contribution in [0.2, 0.25) is 0 Å². The molecule has 0 saturated heterocycles. The minimum absolute atomic E-state index is 0.0775. The molecule has 2 unspecified atom stereocenters. The van der Waals surface area contributed by atoms with Gasteiger partial charge in [0.25, 0.3) is 0 Å². The Hall–Kier alpha value is -0.0800. The monoisotopic (exact) mass is 306 g/mol. The fourth-order valence-electron chi connectivity index (χ4n) is 2.16. The smallest absolute Gasteiger partial charge is 0.241 e. The van der Waals surface area contributed by atoms with Crippen molar-refractivity contribution in [2.45, 2.75) is 42.0 Å². The summed E-state index contributed by atoms with van der Waals surface area (Å²) in [4.78, 5) is 1.24. The van der Waals surface area contributed by atoms with E-state index in [1.54, 1.807) is 11.4 Å². The SMILES string of the molecule is CSC1CCC(NS(=O)(=O)c2csc(CN)c2)C1. The summed E-state index contributed by atoms with van der Waals surface area (Å²) in [6.07, 6.45) is 5.02. The van der Waals surface area contributed by atoms with Gasteiger partial charge in [-0.25, -0.2) is 13.1 Å². The van der Waals surface area contributed by atoms with Gasteiger partial charge in [-0.3, -0.25) is 0 Å². The Morgan fingerprint density at radius 2 is 2.33 bits per heavy atom. The summed E-state index contributed by atoms with van der Waals surface area (Å²) in [6.45, 7) is 0.387. The molecule has 0 bridgehead atoms. The van der Waals surface area contributed by atoms with Crippen LogP contribution in [0.25, 0.3) is 0 Å². The number of thioether (sulfide) groups is 1. The zero-order valence-electron chi connectivity index (χ0n) is 10.3. The van der Waals surface area contributed by atoms with Crippen LogP contribution in [0, 0.1) is 0 Å². The van der Waals surface area contributed by atoms with Crippen LogP contribution in [-0.2, 0) is 16.6 Å². The van der Waals surface area contributed by atoms with Crippen molar-refractivity contribution in [1.82, 2.24) is 4.72 Å². The molecule has 0 radical (unpaired) electrons. The first-order valence-electron chi connectivity index (χ1n) is 5.87. The average Bonchev–Trinajstić information content (AvgIpc) is 2.96. The highest BCUT2D eigenvalue weighted by Crippen LogP contribution is 2.29. The van der Waals surface area contributed by atoms with E-state index in [4.69, 9.17) is 5.73 Å². The standard InChI is InChI=1S/C11H18N2O2S3/c1-16-9-3-2-8(4-9)13-18(14,15)11-5-10(6-12)17-7-11/h5,7-9,13H,2-4,6,12H2,1H3. The summed E-state index contributed by atoms with van der Waals surface area (Å²) in [6, 6.07) is 1.74. The number of sulfonamides is 1. The third kappa shape index (κ3) is 3.27. The maximum Gasteiger partial charge on any atom is 0.241 e. The molecule has 1 aromatic heterocycles.